The van der Waals surface area contributed by atoms with Crippen LogP contribution in [0.5, 0.6) is 5.75 Å². The second kappa shape index (κ2) is 7.77. The monoisotopic (exact) mass is 393 g/mol. The number of carbonyl (C=O) groups is 1. The lowest BCUT2D eigenvalue weighted by Crippen LogP contribution is -2.27. The summed E-state index contributed by atoms with van der Waals surface area (Å²) in [6, 6.07) is 9.42. The van der Waals surface area contributed by atoms with E-state index in [2.05, 4.69) is 15.3 Å². The quantitative estimate of drug-likeness (QED) is 0.696. The first-order chi connectivity index (χ1) is 13.6. The van der Waals surface area contributed by atoms with Crippen LogP contribution >= 0.6 is 11.3 Å². The SMILES string of the molecule is CN(C)C(=O)COc1cccc(-c2nc(NC3=CCN=C3)c3sccc3n2)c1. The first kappa shape index (κ1) is 18.1. The molecule has 0 saturated carbocycles. The molecular weight excluding hydrogens is 374 g/mol. The van der Waals surface area contributed by atoms with Gasteiger partial charge in [0.25, 0.3) is 5.91 Å². The second-order valence-corrected chi connectivity index (χ2v) is 7.33. The predicted octanol–water partition coefficient (Wildman–Crippen LogP) is 3.21. The number of ether oxygens (including phenoxy) is 1. The Morgan fingerprint density at radius 3 is 2.96 bits per heavy atom. The molecule has 0 spiro atoms. The minimum Gasteiger partial charge on any atom is -0.484 e. The van der Waals surface area contributed by atoms with Crippen LogP contribution < -0.4 is 10.1 Å². The molecule has 1 aromatic carbocycles. The molecule has 1 amide bonds. The van der Waals surface area contributed by atoms with Crippen LogP contribution in [0.3, 0.4) is 0 Å². The molecule has 0 saturated heterocycles. The molecule has 0 fully saturated rings. The highest BCUT2D eigenvalue weighted by Crippen LogP contribution is 2.31. The van der Waals surface area contributed by atoms with Crippen molar-refractivity contribution < 1.29 is 9.53 Å². The molecule has 7 nitrogen and oxygen atoms in total. The Hall–Kier alpha value is -3.26. The van der Waals surface area contributed by atoms with Gasteiger partial charge in [0, 0.05) is 25.9 Å². The number of amides is 1. The van der Waals surface area contributed by atoms with E-state index >= 15 is 0 Å². The third-order valence-electron chi connectivity index (χ3n) is 4.17. The maximum Gasteiger partial charge on any atom is 0.259 e. The highest BCUT2D eigenvalue weighted by atomic mass is 32.1. The van der Waals surface area contributed by atoms with E-state index in [0.717, 1.165) is 27.3 Å². The Bertz CT molecular complexity index is 1090. The van der Waals surface area contributed by atoms with Crippen LogP contribution in [0.1, 0.15) is 0 Å². The second-order valence-electron chi connectivity index (χ2n) is 6.41. The molecule has 28 heavy (non-hydrogen) atoms. The van der Waals surface area contributed by atoms with Gasteiger partial charge in [0.15, 0.2) is 18.2 Å². The van der Waals surface area contributed by atoms with Crippen molar-refractivity contribution in [3.63, 3.8) is 0 Å². The van der Waals surface area contributed by atoms with Crippen LogP contribution in [-0.2, 0) is 4.79 Å². The molecule has 0 bridgehead atoms. The maximum absolute atomic E-state index is 11.8. The van der Waals surface area contributed by atoms with Gasteiger partial charge in [-0.2, -0.15) is 0 Å². The molecule has 1 N–H and O–H groups in total. The number of aromatic nitrogens is 2. The number of aliphatic imine (C=N–C) groups is 1. The highest BCUT2D eigenvalue weighted by molar-refractivity contribution is 7.17. The number of rotatable bonds is 6. The number of fused-ring (bicyclic) bond motifs is 1. The van der Waals surface area contributed by atoms with E-state index in [1.807, 2.05) is 41.8 Å². The highest BCUT2D eigenvalue weighted by Gasteiger charge is 2.13. The van der Waals surface area contributed by atoms with Gasteiger partial charge in [-0.25, -0.2) is 9.97 Å². The van der Waals surface area contributed by atoms with Crippen molar-refractivity contribution >= 4 is 39.5 Å². The van der Waals surface area contributed by atoms with E-state index in [9.17, 15) is 4.79 Å². The van der Waals surface area contributed by atoms with E-state index in [-0.39, 0.29) is 12.5 Å². The van der Waals surface area contributed by atoms with Gasteiger partial charge in [-0.05, 0) is 29.7 Å². The number of hydrogen-bond donors (Lipinski definition) is 1. The smallest absolute Gasteiger partial charge is 0.259 e. The number of anilines is 1. The zero-order valence-corrected chi connectivity index (χ0v) is 16.4. The summed E-state index contributed by atoms with van der Waals surface area (Å²) in [5.41, 5.74) is 2.63. The lowest BCUT2D eigenvalue weighted by molar-refractivity contribution is -0.130. The van der Waals surface area contributed by atoms with Crippen LogP contribution in [0.2, 0.25) is 0 Å². The summed E-state index contributed by atoms with van der Waals surface area (Å²) in [6.07, 6.45) is 3.81. The number of thiophene rings is 1. The molecule has 0 aliphatic carbocycles. The molecule has 8 heteroatoms. The van der Waals surface area contributed by atoms with Crippen LogP contribution in [0.4, 0.5) is 5.82 Å². The van der Waals surface area contributed by atoms with Gasteiger partial charge in [-0.1, -0.05) is 12.1 Å². The average molecular weight is 393 g/mol. The van der Waals surface area contributed by atoms with Crippen molar-refractivity contribution in [3.8, 4) is 17.1 Å². The number of nitrogens with zero attached hydrogens (tertiary/aromatic N) is 4. The number of carbonyl (C=O) groups excluding carboxylic acids is 1. The summed E-state index contributed by atoms with van der Waals surface area (Å²) in [7, 11) is 3.40. The molecule has 0 atom stereocenters. The number of allylic oxidation sites excluding steroid dienone is 1. The van der Waals surface area contributed by atoms with Crippen molar-refractivity contribution in [1.29, 1.82) is 0 Å². The molecular formula is C20H19N5O2S. The first-order valence-corrected chi connectivity index (χ1v) is 9.64. The van der Waals surface area contributed by atoms with Gasteiger partial charge in [0.1, 0.15) is 5.75 Å². The number of hydrogen-bond acceptors (Lipinski definition) is 7. The van der Waals surface area contributed by atoms with E-state index in [1.165, 1.54) is 4.90 Å². The molecule has 4 rings (SSSR count). The predicted molar refractivity (Wildman–Crippen MR) is 112 cm³/mol. The number of benzene rings is 1. The normalized spacial score (nSPS) is 12.9. The zero-order chi connectivity index (χ0) is 19.5. The van der Waals surface area contributed by atoms with E-state index < -0.39 is 0 Å². The summed E-state index contributed by atoms with van der Waals surface area (Å²) in [5.74, 6) is 1.85. The van der Waals surface area contributed by atoms with Crippen molar-refractivity contribution in [2.24, 2.45) is 4.99 Å². The van der Waals surface area contributed by atoms with Crippen molar-refractivity contribution in [3.05, 3.63) is 47.5 Å². The minimum atomic E-state index is -0.0978. The summed E-state index contributed by atoms with van der Waals surface area (Å²) in [5, 5.41) is 5.33. The Kier molecular flexibility index (Phi) is 5.03. The fourth-order valence-corrected chi connectivity index (χ4v) is 3.43. The maximum atomic E-state index is 11.8. The topological polar surface area (TPSA) is 79.7 Å². The van der Waals surface area contributed by atoms with E-state index in [1.54, 1.807) is 31.6 Å². The molecule has 1 aliphatic rings. The molecule has 3 aromatic rings. The molecule has 2 aromatic heterocycles. The van der Waals surface area contributed by atoms with Gasteiger partial charge in [-0.15, -0.1) is 11.3 Å². The fourth-order valence-electron chi connectivity index (χ4n) is 2.65. The summed E-state index contributed by atoms with van der Waals surface area (Å²) in [6.45, 7) is 0.667. The van der Waals surface area contributed by atoms with Crippen molar-refractivity contribution in [1.82, 2.24) is 14.9 Å². The third-order valence-corrected chi connectivity index (χ3v) is 5.08. The first-order valence-electron chi connectivity index (χ1n) is 8.76. The third kappa shape index (κ3) is 3.86. The van der Waals surface area contributed by atoms with Crippen LogP contribution in [0, 0.1) is 0 Å². The van der Waals surface area contributed by atoms with Crippen LogP contribution in [0.25, 0.3) is 21.6 Å². The van der Waals surface area contributed by atoms with Crippen LogP contribution in [-0.4, -0.2) is 54.2 Å². The molecule has 0 unspecified atom stereocenters. The summed E-state index contributed by atoms with van der Waals surface area (Å²) >= 11 is 1.59. The van der Waals surface area contributed by atoms with Gasteiger partial charge < -0.3 is 15.0 Å². The summed E-state index contributed by atoms with van der Waals surface area (Å²) in [4.78, 5) is 26.9. The minimum absolute atomic E-state index is 0.0127. The number of nitrogens with one attached hydrogen (secondary N) is 1. The molecule has 3 heterocycles. The lowest BCUT2D eigenvalue weighted by atomic mass is 10.2. The Balaban J connectivity index is 1.64. The van der Waals surface area contributed by atoms with Gasteiger partial charge in [-0.3, -0.25) is 9.79 Å². The fraction of sp³-hybridized carbons (Fsp3) is 0.200. The molecule has 1 aliphatic heterocycles. The zero-order valence-electron chi connectivity index (χ0n) is 15.5. The Morgan fingerprint density at radius 2 is 2.18 bits per heavy atom. The average Bonchev–Trinajstić information content (AvgIpc) is 3.38. The molecule has 0 radical (unpaired) electrons. The molecule has 142 valence electrons. The lowest BCUT2D eigenvalue weighted by Gasteiger charge is -2.12. The van der Waals surface area contributed by atoms with Gasteiger partial charge in [0.2, 0.25) is 0 Å². The largest absolute Gasteiger partial charge is 0.484 e. The van der Waals surface area contributed by atoms with Gasteiger partial charge in [0.05, 0.1) is 22.5 Å². The standard InChI is InChI=1S/C20H19N5O2S/c1-25(2)17(26)12-27-15-5-3-4-13(10-15)19-23-16-7-9-28-18(16)20(24-19)22-14-6-8-21-11-14/h3-7,9-11H,8,12H2,1-2H3,(H,22,23,24). The van der Waals surface area contributed by atoms with Gasteiger partial charge >= 0.3 is 0 Å². The number of likely N-dealkylation sites (N-methyl/N-ethyl adjacent to an activating group) is 1. The van der Waals surface area contributed by atoms with E-state index in [4.69, 9.17) is 9.72 Å². The van der Waals surface area contributed by atoms with E-state index in [0.29, 0.717) is 18.1 Å². The van der Waals surface area contributed by atoms with Crippen LogP contribution in [0.15, 0.2) is 52.5 Å². The Labute approximate surface area is 166 Å². The van der Waals surface area contributed by atoms with Crippen molar-refractivity contribution in [2.45, 2.75) is 0 Å². The summed E-state index contributed by atoms with van der Waals surface area (Å²) < 4.78 is 6.61. The Morgan fingerprint density at radius 1 is 1.29 bits per heavy atom. The van der Waals surface area contributed by atoms with Crippen molar-refractivity contribution in [2.75, 3.05) is 32.6 Å².